The van der Waals surface area contributed by atoms with E-state index in [1.165, 1.54) is 13.8 Å². The summed E-state index contributed by atoms with van der Waals surface area (Å²) in [6.07, 6.45) is 0.326. The number of rotatable bonds is 6. The Balaban J connectivity index is 2.16. The fourth-order valence-corrected chi connectivity index (χ4v) is 3.69. The van der Waals surface area contributed by atoms with Gasteiger partial charge in [-0.15, -0.1) is 0 Å². The van der Waals surface area contributed by atoms with E-state index >= 15 is 0 Å². The number of hydrogen-bond acceptors (Lipinski definition) is 3. The Kier molecular flexibility index (Phi) is 4.53. The van der Waals surface area contributed by atoms with Gasteiger partial charge in [-0.1, -0.05) is 42.5 Å². The molecule has 0 bridgehead atoms. The zero-order chi connectivity index (χ0) is 16.4. The molecule has 0 aliphatic carbocycles. The number of carboxylic acids is 1. The van der Waals surface area contributed by atoms with Gasteiger partial charge in [0.05, 0.1) is 5.75 Å². The summed E-state index contributed by atoms with van der Waals surface area (Å²) in [6, 6.07) is 13.5. The van der Waals surface area contributed by atoms with Crippen LogP contribution in [0.5, 0.6) is 0 Å². The lowest BCUT2D eigenvalue weighted by molar-refractivity contribution is -0.142. The monoisotopic (exact) mass is 321 g/mol. The second kappa shape index (κ2) is 6.06. The minimum absolute atomic E-state index is 0.155. The van der Waals surface area contributed by atoms with E-state index < -0.39 is 21.5 Å². The van der Waals surface area contributed by atoms with Gasteiger partial charge in [0, 0.05) is 0 Å². The van der Waals surface area contributed by atoms with Gasteiger partial charge in [0.25, 0.3) is 0 Å². The molecule has 2 N–H and O–H groups in total. The molecule has 0 fully saturated rings. The molecule has 0 amide bonds. The summed E-state index contributed by atoms with van der Waals surface area (Å²) in [5.41, 5.74) is -0.589. The molecule has 0 spiro atoms. The Morgan fingerprint density at radius 3 is 2.45 bits per heavy atom. The van der Waals surface area contributed by atoms with Crippen molar-refractivity contribution in [2.45, 2.75) is 25.8 Å². The van der Waals surface area contributed by atoms with Gasteiger partial charge in [-0.3, -0.25) is 4.79 Å². The van der Waals surface area contributed by atoms with E-state index in [1.54, 1.807) is 0 Å². The highest BCUT2D eigenvalue weighted by Crippen LogP contribution is 2.19. The molecule has 6 heteroatoms. The molecule has 0 saturated carbocycles. The second-order valence-corrected chi connectivity index (χ2v) is 7.58. The van der Waals surface area contributed by atoms with Crippen LogP contribution in [-0.2, 0) is 21.2 Å². The predicted molar refractivity (Wildman–Crippen MR) is 86.3 cm³/mol. The minimum atomic E-state index is -3.68. The Hall–Kier alpha value is -1.92. The summed E-state index contributed by atoms with van der Waals surface area (Å²) in [5, 5.41) is 11.1. The Labute approximate surface area is 130 Å². The molecule has 0 atom stereocenters. The van der Waals surface area contributed by atoms with Crippen molar-refractivity contribution in [3.8, 4) is 0 Å². The Morgan fingerprint density at radius 2 is 1.77 bits per heavy atom. The lowest BCUT2D eigenvalue weighted by Gasteiger charge is -2.20. The molecule has 0 radical (unpaired) electrons. The first-order chi connectivity index (χ1) is 10.2. The number of sulfonamides is 1. The van der Waals surface area contributed by atoms with Gasteiger partial charge in [-0.25, -0.2) is 8.42 Å². The first-order valence-electron chi connectivity index (χ1n) is 6.93. The van der Waals surface area contributed by atoms with Crippen molar-refractivity contribution in [2.24, 2.45) is 0 Å². The van der Waals surface area contributed by atoms with Crippen molar-refractivity contribution in [3.05, 3.63) is 48.0 Å². The molecular weight excluding hydrogens is 302 g/mol. The van der Waals surface area contributed by atoms with Crippen molar-refractivity contribution in [1.29, 1.82) is 0 Å². The Morgan fingerprint density at radius 1 is 1.14 bits per heavy atom. The number of carbonyl (C=O) groups is 1. The molecule has 118 valence electrons. The van der Waals surface area contributed by atoms with Gasteiger partial charge < -0.3 is 5.11 Å². The second-order valence-electron chi connectivity index (χ2n) is 5.74. The zero-order valence-electron chi connectivity index (χ0n) is 12.5. The first kappa shape index (κ1) is 16.5. The van der Waals surface area contributed by atoms with E-state index in [-0.39, 0.29) is 5.75 Å². The number of aryl methyl sites for hydroxylation is 1. The summed E-state index contributed by atoms with van der Waals surface area (Å²) < 4.78 is 26.4. The van der Waals surface area contributed by atoms with Crippen LogP contribution in [0.25, 0.3) is 10.8 Å². The molecule has 2 rings (SSSR count). The molecule has 2 aromatic carbocycles. The summed E-state index contributed by atoms with van der Waals surface area (Å²) >= 11 is 0. The van der Waals surface area contributed by atoms with E-state index in [4.69, 9.17) is 5.11 Å². The third-order valence-corrected chi connectivity index (χ3v) is 5.03. The highest BCUT2D eigenvalue weighted by Gasteiger charge is 2.31. The maximum atomic E-state index is 12.1. The van der Waals surface area contributed by atoms with E-state index in [2.05, 4.69) is 4.72 Å². The van der Waals surface area contributed by atoms with Crippen LogP contribution in [0.3, 0.4) is 0 Å². The third kappa shape index (κ3) is 3.84. The number of carboxylic acid groups (broad SMARTS) is 1. The maximum absolute atomic E-state index is 12.1. The van der Waals surface area contributed by atoms with Crippen LogP contribution in [-0.4, -0.2) is 30.8 Å². The molecule has 0 aliphatic rings. The van der Waals surface area contributed by atoms with E-state index in [0.717, 1.165) is 16.3 Å². The largest absolute Gasteiger partial charge is 0.480 e. The molecule has 0 aliphatic heterocycles. The van der Waals surface area contributed by atoms with Gasteiger partial charge in [0.1, 0.15) is 5.54 Å². The molecule has 0 saturated heterocycles. The summed E-state index contributed by atoms with van der Waals surface area (Å²) in [7, 11) is -3.68. The zero-order valence-corrected chi connectivity index (χ0v) is 13.4. The number of hydrogen-bond donors (Lipinski definition) is 2. The van der Waals surface area contributed by atoms with Crippen LogP contribution in [0.4, 0.5) is 0 Å². The fourth-order valence-electron chi connectivity index (χ4n) is 2.24. The smallest absolute Gasteiger partial charge is 0.324 e. The summed E-state index contributed by atoms with van der Waals surface area (Å²) in [5.74, 6) is -1.36. The number of fused-ring (bicyclic) bond motifs is 1. The minimum Gasteiger partial charge on any atom is -0.480 e. The predicted octanol–water partition coefficient (Wildman–Crippen LogP) is 2.16. The van der Waals surface area contributed by atoms with Crippen molar-refractivity contribution in [1.82, 2.24) is 4.72 Å². The molecule has 0 heterocycles. The highest BCUT2D eigenvalue weighted by atomic mass is 32.2. The topological polar surface area (TPSA) is 83.5 Å². The molecular formula is C16H19NO4S. The lowest BCUT2D eigenvalue weighted by atomic mass is 10.0. The van der Waals surface area contributed by atoms with Crippen LogP contribution in [0.2, 0.25) is 0 Å². The third-order valence-electron chi connectivity index (χ3n) is 3.47. The van der Waals surface area contributed by atoms with Crippen LogP contribution in [0, 0.1) is 0 Å². The molecule has 22 heavy (non-hydrogen) atoms. The van der Waals surface area contributed by atoms with Gasteiger partial charge >= 0.3 is 5.97 Å². The van der Waals surface area contributed by atoms with Crippen LogP contribution in [0.15, 0.2) is 42.5 Å². The maximum Gasteiger partial charge on any atom is 0.324 e. The number of nitrogens with one attached hydrogen (secondary N) is 1. The lowest BCUT2D eigenvalue weighted by Crippen LogP contribution is -2.50. The number of benzene rings is 2. The van der Waals surface area contributed by atoms with Gasteiger partial charge in [-0.05, 0) is 36.6 Å². The molecule has 2 aromatic rings. The molecule has 5 nitrogen and oxygen atoms in total. The van der Waals surface area contributed by atoms with Crippen molar-refractivity contribution in [2.75, 3.05) is 5.75 Å². The average Bonchev–Trinajstić information content (AvgIpc) is 2.44. The van der Waals surface area contributed by atoms with Crippen molar-refractivity contribution >= 4 is 26.8 Å². The van der Waals surface area contributed by atoms with Crippen LogP contribution >= 0.6 is 0 Å². The van der Waals surface area contributed by atoms with E-state index in [9.17, 15) is 13.2 Å². The Bertz CT molecular complexity index is 791. The van der Waals surface area contributed by atoms with Crippen molar-refractivity contribution < 1.29 is 18.3 Å². The van der Waals surface area contributed by atoms with E-state index in [1.807, 2.05) is 42.5 Å². The molecule has 0 aromatic heterocycles. The van der Waals surface area contributed by atoms with Crippen molar-refractivity contribution in [3.63, 3.8) is 0 Å². The first-order valence-corrected chi connectivity index (χ1v) is 8.58. The summed E-state index contributed by atoms with van der Waals surface area (Å²) in [6.45, 7) is 2.65. The van der Waals surface area contributed by atoms with Crippen LogP contribution < -0.4 is 4.72 Å². The SMILES string of the molecule is CC(C)(NS(=O)(=O)CCc1cccc2ccccc12)C(=O)O. The summed E-state index contributed by atoms with van der Waals surface area (Å²) in [4.78, 5) is 11.0. The quantitative estimate of drug-likeness (QED) is 0.854. The van der Waals surface area contributed by atoms with E-state index in [0.29, 0.717) is 6.42 Å². The molecule has 0 unspecified atom stereocenters. The standard InChI is InChI=1S/C16H19NO4S/c1-16(2,15(18)19)17-22(20,21)11-10-13-8-5-7-12-6-3-4-9-14(12)13/h3-9,17H,10-11H2,1-2H3,(H,18,19). The normalized spacial score (nSPS) is 12.5. The number of aliphatic carboxylic acids is 1. The fraction of sp³-hybridized carbons (Fsp3) is 0.312. The highest BCUT2D eigenvalue weighted by molar-refractivity contribution is 7.89. The van der Waals surface area contributed by atoms with Crippen LogP contribution in [0.1, 0.15) is 19.4 Å². The van der Waals surface area contributed by atoms with Gasteiger partial charge in [0.15, 0.2) is 0 Å². The van der Waals surface area contributed by atoms with Gasteiger partial charge in [0.2, 0.25) is 10.0 Å². The average molecular weight is 321 g/mol. The van der Waals surface area contributed by atoms with Gasteiger partial charge in [-0.2, -0.15) is 4.72 Å².